The van der Waals surface area contributed by atoms with Gasteiger partial charge in [0, 0.05) is 17.9 Å². The number of carbonyl (C=O) groups excluding carboxylic acids is 2. The first kappa shape index (κ1) is 8.99. The summed E-state index contributed by atoms with van der Waals surface area (Å²) in [5, 5.41) is 2.83. The fourth-order valence-electron chi connectivity index (χ4n) is 1.86. The molecule has 1 fully saturated rings. The Morgan fingerprint density at radius 3 is 3.07 bits per heavy atom. The maximum Gasteiger partial charge on any atom is 0.248 e. The molecule has 1 saturated heterocycles. The van der Waals surface area contributed by atoms with Crippen LogP contribution in [0.3, 0.4) is 0 Å². The Kier molecular flexibility index (Phi) is 2.11. The normalized spacial score (nSPS) is 30.3. The van der Waals surface area contributed by atoms with Crippen molar-refractivity contribution in [3.05, 3.63) is 23.8 Å². The third kappa shape index (κ3) is 1.55. The first-order chi connectivity index (χ1) is 6.66. The lowest BCUT2D eigenvalue weighted by molar-refractivity contribution is -0.123. The van der Waals surface area contributed by atoms with Crippen molar-refractivity contribution in [1.29, 1.82) is 0 Å². The Balaban J connectivity index is 2.19. The van der Waals surface area contributed by atoms with Gasteiger partial charge in [0.1, 0.15) is 0 Å². The van der Waals surface area contributed by atoms with Gasteiger partial charge in [-0.05, 0) is 12.5 Å². The molecule has 0 spiro atoms. The molecule has 4 nitrogen and oxygen atoms in total. The van der Waals surface area contributed by atoms with Gasteiger partial charge in [-0.1, -0.05) is 12.2 Å². The lowest BCUT2D eigenvalue weighted by Crippen LogP contribution is -2.44. The molecule has 2 amide bonds. The molecule has 0 bridgehead atoms. The highest BCUT2D eigenvalue weighted by molar-refractivity contribution is 5.95. The molecule has 74 valence electrons. The maximum atomic E-state index is 11.1. The smallest absolute Gasteiger partial charge is 0.248 e. The van der Waals surface area contributed by atoms with E-state index in [0.717, 1.165) is 6.42 Å². The molecule has 4 heteroatoms. The summed E-state index contributed by atoms with van der Waals surface area (Å²) < 4.78 is 0. The molecule has 3 N–H and O–H groups in total. The molecule has 2 aliphatic rings. The zero-order valence-corrected chi connectivity index (χ0v) is 7.69. The zero-order chi connectivity index (χ0) is 10.1. The molecule has 2 unspecified atom stereocenters. The van der Waals surface area contributed by atoms with Crippen molar-refractivity contribution in [3.8, 4) is 0 Å². The topological polar surface area (TPSA) is 72.2 Å². The number of hydrogen-bond acceptors (Lipinski definition) is 2. The zero-order valence-electron chi connectivity index (χ0n) is 7.69. The Morgan fingerprint density at radius 2 is 2.36 bits per heavy atom. The van der Waals surface area contributed by atoms with Crippen LogP contribution >= 0.6 is 0 Å². The Morgan fingerprint density at radius 1 is 1.57 bits per heavy atom. The average Bonchev–Trinajstić information content (AvgIpc) is 2.16. The summed E-state index contributed by atoms with van der Waals surface area (Å²) in [7, 11) is 0. The number of amides is 2. The van der Waals surface area contributed by atoms with Crippen LogP contribution in [0.5, 0.6) is 0 Å². The van der Waals surface area contributed by atoms with Crippen LogP contribution in [-0.2, 0) is 9.59 Å². The molecule has 0 saturated carbocycles. The number of rotatable bonds is 1. The van der Waals surface area contributed by atoms with Gasteiger partial charge < -0.3 is 11.1 Å². The summed E-state index contributed by atoms with van der Waals surface area (Å²) in [6.45, 7) is 0. The molecule has 1 aliphatic heterocycles. The monoisotopic (exact) mass is 192 g/mol. The summed E-state index contributed by atoms with van der Waals surface area (Å²) in [5.41, 5.74) is 5.63. The second kappa shape index (κ2) is 3.29. The quantitative estimate of drug-likeness (QED) is 0.607. The van der Waals surface area contributed by atoms with Gasteiger partial charge in [-0.3, -0.25) is 9.59 Å². The van der Waals surface area contributed by atoms with Crippen molar-refractivity contribution in [2.45, 2.75) is 18.9 Å². The van der Waals surface area contributed by atoms with E-state index in [1.165, 1.54) is 0 Å². The lowest BCUT2D eigenvalue weighted by Gasteiger charge is -2.30. The van der Waals surface area contributed by atoms with E-state index >= 15 is 0 Å². The highest BCUT2D eigenvalue weighted by Crippen LogP contribution is 2.24. The lowest BCUT2D eigenvalue weighted by atomic mass is 9.85. The molecule has 0 aromatic heterocycles. The second-order valence-corrected chi connectivity index (χ2v) is 3.64. The van der Waals surface area contributed by atoms with Crippen LogP contribution < -0.4 is 11.1 Å². The Bertz CT molecular complexity index is 344. The molecule has 0 aromatic carbocycles. The standard InChI is InChI=1S/C10H12N2O2/c11-10(14)7-2-1-6-3-4-9(13)12-8(6)5-7/h1-2,5-6,8H,3-4H2,(H2,11,14)(H,12,13). The molecule has 1 heterocycles. The third-order valence-corrected chi connectivity index (χ3v) is 2.66. The minimum Gasteiger partial charge on any atom is -0.366 e. The minimum atomic E-state index is -0.445. The van der Waals surface area contributed by atoms with Gasteiger partial charge >= 0.3 is 0 Å². The molecular formula is C10H12N2O2. The molecule has 2 rings (SSSR count). The predicted molar refractivity (Wildman–Crippen MR) is 51.1 cm³/mol. The number of nitrogens with two attached hydrogens (primary N) is 1. The molecule has 0 aromatic rings. The van der Waals surface area contributed by atoms with Gasteiger partial charge in [0.15, 0.2) is 0 Å². The third-order valence-electron chi connectivity index (χ3n) is 2.66. The van der Waals surface area contributed by atoms with E-state index in [-0.39, 0.29) is 11.9 Å². The van der Waals surface area contributed by atoms with E-state index in [9.17, 15) is 9.59 Å². The number of nitrogens with one attached hydrogen (secondary N) is 1. The van der Waals surface area contributed by atoms with E-state index in [4.69, 9.17) is 5.73 Å². The SMILES string of the molecule is NC(=O)C1=CC2NC(=O)CCC2C=C1. The van der Waals surface area contributed by atoms with Crippen molar-refractivity contribution < 1.29 is 9.59 Å². The van der Waals surface area contributed by atoms with E-state index in [0.29, 0.717) is 17.9 Å². The van der Waals surface area contributed by atoms with Crippen LogP contribution in [0, 0.1) is 5.92 Å². The van der Waals surface area contributed by atoms with Crippen molar-refractivity contribution in [1.82, 2.24) is 5.32 Å². The van der Waals surface area contributed by atoms with Crippen LogP contribution in [0.4, 0.5) is 0 Å². The van der Waals surface area contributed by atoms with E-state index in [1.807, 2.05) is 6.08 Å². The van der Waals surface area contributed by atoms with Crippen molar-refractivity contribution in [3.63, 3.8) is 0 Å². The number of carbonyl (C=O) groups is 2. The van der Waals surface area contributed by atoms with Gasteiger partial charge in [-0.2, -0.15) is 0 Å². The Hall–Kier alpha value is -1.58. The van der Waals surface area contributed by atoms with Gasteiger partial charge in [-0.25, -0.2) is 0 Å². The summed E-state index contributed by atoms with van der Waals surface area (Å²) in [5.74, 6) is -0.0862. The summed E-state index contributed by atoms with van der Waals surface area (Å²) >= 11 is 0. The van der Waals surface area contributed by atoms with Gasteiger partial charge in [0.05, 0.1) is 6.04 Å². The van der Waals surface area contributed by atoms with E-state index < -0.39 is 5.91 Å². The number of primary amides is 1. The first-order valence-electron chi connectivity index (χ1n) is 4.66. The van der Waals surface area contributed by atoms with Gasteiger partial charge in [-0.15, -0.1) is 0 Å². The van der Waals surface area contributed by atoms with Crippen molar-refractivity contribution in [2.24, 2.45) is 11.7 Å². The van der Waals surface area contributed by atoms with E-state index in [2.05, 4.69) is 5.32 Å². The molecule has 2 atom stereocenters. The summed E-state index contributed by atoms with van der Waals surface area (Å²) in [6.07, 6.45) is 6.83. The molecule has 0 radical (unpaired) electrons. The predicted octanol–water partition coefficient (Wildman–Crippen LogP) is -0.137. The highest BCUT2D eigenvalue weighted by atomic mass is 16.2. The van der Waals surface area contributed by atoms with Crippen LogP contribution in [-0.4, -0.2) is 17.9 Å². The Labute approximate surface area is 81.8 Å². The number of piperidine rings is 1. The number of fused-ring (bicyclic) bond motifs is 1. The largest absolute Gasteiger partial charge is 0.366 e. The molecule has 1 aliphatic carbocycles. The maximum absolute atomic E-state index is 11.1. The van der Waals surface area contributed by atoms with Crippen LogP contribution in [0.1, 0.15) is 12.8 Å². The summed E-state index contributed by atoms with van der Waals surface area (Å²) in [4.78, 5) is 22.0. The van der Waals surface area contributed by atoms with Gasteiger partial charge in [0.2, 0.25) is 11.8 Å². The van der Waals surface area contributed by atoms with Crippen LogP contribution in [0.2, 0.25) is 0 Å². The number of hydrogen-bond donors (Lipinski definition) is 2. The fraction of sp³-hybridized carbons (Fsp3) is 0.400. The first-order valence-corrected chi connectivity index (χ1v) is 4.66. The highest BCUT2D eigenvalue weighted by Gasteiger charge is 2.28. The summed E-state index contributed by atoms with van der Waals surface area (Å²) in [6, 6.07) is -0.0521. The van der Waals surface area contributed by atoms with Crippen molar-refractivity contribution in [2.75, 3.05) is 0 Å². The van der Waals surface area contributed by atoms with Gasteiger partial charge in [0.25, 0.3) is 0 Å². The van der Waals surface area contributed by atoms with Crippen LogP contribution in [0.15, 0.2) is 23.8 Å². The molecule has 14 heavy (non-hydrogen) atoms. The minimum absolute atomic E-state index is 0.0432. The van der Waals surface area contributed by atoms with Crippen molar-refractivity contribution >= 4 is 11.8 Å². The average molecular weight is 192 g/mol. The van der Waals surface area contributed by atoms with Crippen LogP contribution in [0.25, 0.3) is 0 Å². The second-order valence-electron chi connectivity index (χ2n) is 3.64. The molecular weight excluding hydrogens is 180 g/mol. The fourth-order valence-corrected chi connectivity index (χ4v) is 1.86. The van der Waals surface area contributed by atoms with E-state index in [1.54, 1.807) is 12.2 Å².